The molecule has 116 valence electrons. The molecule has 1 atom stereocenters. The molecule has 0 amide bonds. The summed E-state index contributed by atoms with van der Waals surface area (Å²) in [4.78, 5) is 15.4. The van der Waals surface area contributed by atoms with Crippen LogP contribution in [0.15, 0.2) is 30.7 Å². The van der Waals surface area contributed by atoms with Gasteiger partial charge in [0.1, 0.15) is 12.1 Å². The number of hydrogen-bond acceptors (Lipinski definition) is 5. The molecule has 2 aromatic rings. The van der Waals surface area contributed by atoms with Crippen LogP contribution in [0.5, 0.6) is 0 Å². The molecule has 5 heteroatoms. The minimum absolute atomic E-state index is 0.437. The summed E-state index contributed by atoms with van der Waals surface area (Å²) in [6.07, 6.45) is 5.88. The Bertz CT molecular complexity index is 628. The van der Waals surface area contributed by atoms with Gasteiger partial charge >= 0.3 is 0 Å². The maximum Gasteiger partial charge on any atom is 0.129 e. The number of aryl methyl sites for hydroxylation is 2. The van der Waals surface area contributed by atoms with Gasteiger partial charge in [-0.3, -0.25) is 9.88 Å². The van der Waals surface area contributed by atoms with E-state index in [2.05, 4.69) is 38.2 Å². The molecular formula is C17H23N5. The zero-order chi connectivity index (χ0) is 15.4. The van der Waals surface area contributed by atoms with Gasteiger partial charge < -0.3 is 5.32 Å². The molecule has 0 saturated carbocycles. The number of rotatable bonds is 4. The van der Waals surface area contributed by atoms with E-state index in [4.69, 9.17) is 0 Å². The zero-order valence-corrected chi connectivity index (χ0v) is 13.3. The van der Waals surface area contributed by atoms with Crippen LogP contribution in [-0.4, -0.2) is 39.0 Å². The summed E-state index contributed by atoms with van der Waals surface area (Å²) in [5.41, 5.74) is 3.44. The quantitative estimate of drug-likeness (QED) is 0.940. The molecule has 1 unspecified atom stereocenters. The molecule has 3 rings (SSSR count). The van der Waals surface area contributed by atoms with Crippen molar-refractivity contribution in [3.8, 4) is 0 Å². The van der Waals surface area contributed by atoms with E-state index in [1.165, 1.54) is 24.1 Å². The van der Waals surface area contributed by atoms with Gasteiger partial charge in [0.25, 0.3) is 0 Å². The van der Waals surface area contributed by atoms with Gasteiger partial charge in [-0.25, -0.2) is 9.97 Å². The van der Waals surface area contributed by atoms with Crippen LogP contribution in [0.2, 0.25) is 0 Å². The summed E-state index contributed by atoms with van der Waals surface area (Å²) in [6, 6.07) is 6.57. The first-order chi connectivity index (χ1) is 10.7. The molecule has 1 N–H and O–H groups in total. The third-order valence-electron chi connectivity index (χ3n) is 4.15. The number of anilines is 1. The number of nitrogens with zero attached hydrogens (tertiary/aromatic N) is 4. The summed E-state index contributed by atoms with van der Waals surface area (Å²) >= 11 is 0. The Balaban J connectivity index is 1.61. The SMILES string of the molecule is Cc1cc(NC2CCCN(Cc3ncccc3C)C2)ncn1. The number of aromatic nitrogens is 3. The second-order valence-electron chi connectivity index (χ2n) is 6.03. The molecule has 0 aromatic carbocycles. The fraction of sp³-hybridized carbons (Fsp3) is 0.471. The summed E-state index contributed by atoms with van der Waals surface area (Å²) in [5.74, 6) is 0.924. The second kappa shape index (κ2) is 6.83. The van der Waals surface area contributed by atoms with Gasteiger partial charge in [-0.1, -0.05) is 6.07 Å². The minimum atomic E-state index is 0.437. The summed E-state index contributed by atoms with van der Waals surface area (Å²) in [6.45, 7) is 7.21. The fourth-order valence-corrected chi connectivity index (χ4v) is 2.96. The van der Waals surface area contributed by atoms with Crippen LogP contribution in [0.1, 0.15) is 29.8 Å². The minimum Gasteiger partial charge on any atom is -0.366 e. The first-order valence-electron chi connectivity index (χ1n) is 7.89. The molecule has 1 aliphatic rings. The predicted molar refractivity (Wildman–Crippen MR) is 87.7 cm³/mol. The Morgan fingerprint density at radius 2 is 2.18 bits per heavy atom. The third-order valence-corrected chi connectivity index (χ3v) is 4.15. The van der Waals surface area contributed by atoms with Gasteiger partial charge in [0.05, 0.1) is 5.69 Å². The van der Waals surface area contributed by atoms with E-state index >= 15 is 0 Å². The summed E-state index contributed by atoms with van der Waals surface area (Å²) in [7, 11) is 0. The average molecular weight is 297 g/mol. The molecule has 5 nitrogen and oxygen atoms in total. The molecular weight excluding hydrogens is 274 g/mol. The highest BCUT2D eigenvalue weighted by atomic mass is 15.2. The van der Waals surface area contributed by atoms with Crippen molar-refractivity contribution in [1.29, 1.82) is 0 Å². The molecule has 2 aromatic heterocycles. The standard InChI is InChI=1S/C17H23N5/c1-13-5-3-7-18-16(13)11-22-8-4-6-15(10-22)21-17-9-14(2)19-12-20-17/h3,5,7,9,12,15H,4,6,8,10-11H2,1-2H3,(H,19,20,21). The Labute approximate surface area is 131 Å². The monoisotopic (exact) mass is 297 g/mol. The van der Waals surface area contributed by atoms with Crippen LogP contribution in [0.25, 0.3) is 0 Å². The van der Waals surface area contributed by atoms with E-state index < -0.39 is 0 Å². The van der Waals surface area contributed by atoms with Gasteiger partial charge in [-0.05, 0) is 44.9 Å². The molecule has 1 saturated heterocycles. The van der Waals surface area contributed by atoms with E-state index in [1.54, 1.807) is 6.33 Å². The predicted octanol–water partition coefficient (Wildman–Crippen LogP) is 2.56. The lowest BCUT2D eigenvalue weighted by Crippen LogP contribution is -2.42. The lowest BCUT2D eigenvalue weighted by molar-refractivity contribution is 0.206. The van der Waals surface area contributed by atoms with E-state index in [1.807, 2.05) is 25.3 Å². The molecule has 3 heterocycles. The highest BCUT2D eigenvalue weighted by Gasteiger charge is 2.20. The molecule has 1 aliphatic heterocycles. The lowest BCUT2D eigenvalue weighted by atomic mass is 10.0. The average Bonchev–Trinajstić information content (AvgIpc) is 2.50. The van der Waals surface area contributed by atoms with Crippen molar-refractivity contribution in [1.82, 2.24) is 19.9 Å². The van der Waals surface area contributed by atoms with Gasteiger partial charge in [-0.15, -0.1) is 0 Å². The number of pyridine rings is 1. The lowest BCUT2D eigenvalue weighted by Gasteiger charge is -2.33. The van der Waals surface area contributed by atoms with Crippen molar-refractivity contribution >= 4 is 5.82 Å². The zero-order valence-electron chi connectivity index (χ0n) is 13.3. The number of hydrogen-bond donors (Lipinski definition) is 1. The van der Waals surface area contributed by atoms with Crippen LogP contribution in [0.4, 0.5) is 5.82 Å². The Kier molecular flexibility index (Phi) is 4.63. The molecule has 22 heavy (non-hydrogen) atoms. The van der Waals surface area contributed by atoms with Gasteiger partial charge in [-0.2, -0.15) is 0 Å². The molecule has 0 radical (unpaired) electrons. The van der Waals surface area contributed by atoms with E-state index in [0.717, 1.165) is 31.1 Å². The highest BCUT2D eigenvalue weighted by molar-refractivity contribution is 5.35. The van der Waals surface area contributed by atoms with E-state index in [0.29, 0.717) is 6.04 Å². The third kappa shape index (κ3) is 3.80. The van der Waals surface area contributed by atoms with Crippen LogP contribution in [0.3, 0.4) is 0 Å². The van der Waals surface area contributed by atoms with Gasteiger partial charge in [0.2, 0.25) is 0 Å². The van der Waals surface area contributed by atoms with Crippen molar-refractivity contribution in [2.45, 2.75) is 39.3 Å². The number of piperidine rings is 1. The summed E-state index contributed by atoms with van der Waals surface area (Å²) < 4.78 is 0. The van der Waals surface area contributed by atoms with Crippen molar-refractivity contribution < 1.29 is 0 Å². The first-order valence-corrected chi connectivity index (χ1v) is 7.89. The second-order valence-corrected chi connectivity index (χ2v) is 6.03. The normalized spacial score (nSPS) is 19.1. The maximum absolute atomic E-state index is 4.51. The maximum atomic E-state index is 4.51. The molecule has 0 bridgehead atoms. The molecule has 0 aliphatic carbocycles. The van der Waals surface area contributed by atoms with Crippen molar-refractivity contribution in [3.63, 3.8) is 0 Å². The topological polar surface area (TPSA) is 53.9 Å². The van der Waals surface area contributed by atoms with E-state index in [-0.39, 0.29) is 0 Å². The van der Waals surface area contributed by atoms with Crippen molar-refractivity contribution in [2.24, 2.45) is 0 Å². The largest absolute Gasteiger partial charge is 0.366 e. The molecule has 1 fully saturated rings. The van der Waals surface area contributed by atoms with Gasteiger partial charge in [0.15, 0.2) is 0 Å². The Hall–Kier alpha value is -2.01. The van der Waals surface area contributed by atoms with Crippen LogP contribution in [-0.2, 0) is 6.54 Å². The fourth-order valence-electron chi connectivity index (χ4n) is 2.96. The number of nitrogens with one attached hydrogen (secondary N) is 1. The van der Waals surface area contributed by atoms with E-state index in [9.17, 15) is 0 Å². The first kappa shape index (κ1) is 14.9. The summed E-state index contributed by atoms with van der Waals surface area (Å²) in [5, 5.41) is 3.54. The van der Waals surface area contributed by atoms with Gasteiger partial charge in [0, 0.05) is 37.1 Å². The number of likely N-dealkylation sites (tertiary alicyclic amines) is 1. The van der Waals surface area contributed by atoms with Crippen LogP contribution in [0, 0.1) is 13.8 Å². The van der Waals surface area contributed by atoms with Crippen LogP contribution < -0.4 is 5.32 Å². The van der Waals surface area contributed by atoms with Crippen molar-refractivity contribution in [3.05, 3.63) is 47.7 Å². The Morgan fingerprint density at radius 1 is 1.27 bits per heavy atom. The smallest absolute Gasteiger partial charge is 0.129 e. The molecule has 0 spiro atoms. The van der Waals surface area contributed by atoms with Crippen LogP contribution >= 0.6 is 0 Å². The van der Waals surface area contributed by atoms with Crippen molar-refractivity contribution in [2.75, 3.05) is 18.4 Å². The Morgan fingerprint density at radius 3 is 3.00 bits per heavy atom. The highest BCUT2D eigenvalue weighted by Crippen LogP contribution is 2.17.